The molecule has 1 aromatic rings. The number of rotatable bonds is 1. The molecule has 16 heavy (non-hydrogen) atoms. The van der Waals surface area contributed by atoms with E-state index in [0.717, 1.165) is 50.5 Å². The minimum Gasteiger partial charge on any atom is -0.372 e. The van der Waals surface area contributed by atoms with Crippen LogP contribution in [0.25, 0.3) is 0 Å². The monoisotopic (exact) mass is 219 g/mol. The SMILES string of the molecule is Cc1nc2c(c(C3CCCO3)n1)CCNC2. The summed E-state index contributed by atoms with van der Waals surface area (Å²) in [5, 5.41) is 3.35. The summed E-state index contributed by atoms with van der Waals surface area (Å²) in [7, 11) is 0. The Labute approximate surface area is 95.4 Å². The maximum Gasteiger partial charge on any atom is 0.125 e. The Morgan fingerprint density at radius 3 is 3.12 bits per heavy atom. The van der Waals surface area contributed by atoms with Gasteiger partial charge in [0.2, 0.25) is 0 Å². The van der Waals surface area contributed by atoms with Gasteiger partial charge < -0.3 is 10.1 Å². The smallest absolute Gasteiger partial charge is 0.125 e. The third-order valence-corrected chi connectivity index (χ3v) is 3.32. The Balaban J connectivity index is 2.04. The molecule has 0 spiro atoms. The van der Waals surface area contributed by atoms with Crippen LogP contribution >= 0.6 is 0 Å². The van der Waals surface area contributed by atoms with Gasteiger partial charge >= 0.3 is 0 Å². The molecule has 1 N–H and O–H groups in total. The first-order chi connectivity index (χ1) is 7.84. The third-order valence-electron chi connectivity index (χ3n) is 3.32. The van der Waals surface area contributed by atoms with E-state index in [1.165, 1.54) is 11.3 Å². The van der Waals surface area contributed by atoms with Gasteiger partial charge in [-0.05, 0) is 32.7 Å². The van der Waals surface area contributed by atoms with E-state index in [9.17, 15) is 0 Å². The third kappa shape index (κ3) is 1.72. The molecule has 1 atom stereocenters. The molecule has 0 aromatic carbocycles. The molecule has 1 unspecified atom stereocenters. The lowest BCUT2D eigenvalue weighted by Crippen LogP contribution is -2.27. The van der Waals surface area contributed by atoms with E-state index in [2.05, 4.69) is 15.3 Å². The van der Waals surface area contributed by atoms with Gasteiger partial charge in [-0.2, -0.15) is 0 Å². The topological polar surface area (TPSA) is 47.0 Å². The number of hydrogen-bond donors (Lipinski definition) is 1. The van der Waals surface area contributed by atoms with Crippen LogP contribution in [0.15, 0.2) is 0 Å². The first-order valence-corrected chi connectivity index (χ1v) is 6.03. The Kier molecular flexibility index (Phi) is 2.61. The van der Waals surface area contributed by atoms with E-state index in [4.69, 9.17) is 4.74 Å². The van der Waals surface area contributed by atoms with Crippen molar-refractivity contribution in [1.29, 1.82) is 0 Å². The highest BCUT2D eigenvalue weighted by Crippen LogP contribution is 2.31. The Bertz CT molecular complexity index is 399. The van der Waals surface area contributed by atoms with Gasteiger partial charge in [-0.25, -0.2) is 9.97 Å². The van der Waals surface area contributed by atoms with Gasteiger partial charge in [0.1, 0.15) is 5.82 Å². The summed E-state index contributed by atoms with van der Waals surface area (Å²) in [6.45, 7) is 4.74. The van der Waals surface area contributed by atoms with Gasteiger partial charge in [0.05, 0.1) is 17.5 Å². The molecule has 0 saturated carbocycles. The van der Waals surface area contributed by atoms with Crippen LogP contribution in [0, 0.1) is 6.92 Å². The number of nitrogens with one attached hydrogen (secondary N) is 1. The molecule has 3 rings (SSSR count). The van der Waals surface area contributed by atoms with Gasteiger partial charge in [-0.15, -0.1) is 0 Å². The number of aryl methyl sites for hydroxylation is 1. The molecule has 2 aliphatic heterocycles. The van der Waals surface area contributed by atoms with E-state index in [0.29, 0.717) is 0 Å². The maximum absolute atomic E-state index is 5.75. The molecule has 0 bridgehead atoms. The molecule has 2 aliphatic rings. The fourth-order valence-electron chi connectivity index (χ4n) is 2.58. The average molecular weight is 219 g/mol. The highest BCUT2D eigenvalue weighted by molar-refractivity contribution is 5.30. The van der Waals surface area contributed by atoms with E-state index in [-0.39, 0.29) is 6.10 Å². The summed E-state index contributed by atoms with van der Waals surface area (Å²) in [6, 6.07) is 0. The molecule has 4 nitrogen and oxygen atoms in total. The average Bonchev–Trinajstić information content (AvgIpc) is 2.81. The van der Waals surface area contributed by atoms with E-state index in [1.807, 2.05) is 6.92 Å². The Morgan fingerprint density at radius 1 is 1.38 bits per heavy atom. The fraction of sp³-hybridized carbons (Fsp3) is 0.667. The number of hydrogen-bond acceptors (Lipinski definition) is 4. The van der Waals surface area contributed by atoms with Crippen molar-refractivity contribution in [2.24, 2.45) is 0 Å². The van der Waals surface area contributed by atoms with Crippen LogP contribution in [0.1, 0.15) is 41.7 Å². The van der Waals surface area contributed by atoms with Crippen molar-refractivity contribution in [2.75, 3.05) is 13.2 Å². The van der Waals surface area contributed by atoms with Crippen molar-refractivity contribution in [1.82, 2.24) is 15.3 Å². The van der Waals surface area contributed by atoms with Crippen LogP contribution in [-0.2, 0) is 17.7 Å². The summed E-state index contributed by atoms with van der Waals surface area (Å²) < 4.78 is 5.75. The summed E-state index contributed by atoms with van der Waals surface area (Å²) in [5.41, 5.74) is 3.65. The summed E-state index contributed by atoms with van der Waals surface area (Å²) in [6.07, 6.45) is 3.51. The standard InChI is InChI=1S/C12H17N3O/c1-8-14-10-7-13-5-4-9(10)12(15-8)11-3-2-6-16-11/h11,13H,2-7H2,1H3. The summed E-state index contributed by atoms with van der Waals surface area (Å²) in [5.74, 6) is 0.868. The first kappa shape index (κ1) is 10.2. The predicted molar refractivity (Wildman–Crippen MR) is 60.1 cm³/mol. The lowest BCUT2D eigenvalue weighted by molar-refractivity contribution is 0.107. The van der Waals surface area contributed by atoms with Crippen molar-refractivity contribution in [3.63, 3.8) is 0 Å². The van der Waals surface area contributed by atoms with Crippen LogP contribution in [0.3, 0.4) is 0 Å². The lowest BCUT2D eigenvalue weighted by Gasteiger charge is -2.21. The number of ether oxygens (including phenoxy) is 1. The van der Waals surface area contributed by atoms with Gasteiger partial charge in [0.25, 0.3) is 0 Å². The largest absolute Gasteiger partial charge is 0.372 e. The van der Waals surface area contributed by atoms with E-state index < -0.39 is 0 Å². The Morgan fingerprint density at radius 2 is 2.31 bits per heavy atom. The van der Waals surface area contributed by atoms with Gasteiger partial charge in [-0.1, -0.05) is 0 Å². The van der Waals surface area contributed by atoms with Crippen LogP contribution in [0.2, 0.25) is 0 Å². The molecule has 0 aliphatic carbocycles. The molecule has 0 radical (unpaired) electrons. The van der Waals surface area contributed by atoms with Crippen LogP contribution < -0.4 is 5.32 Å². The minimum atomic E-state index is 0.216. The van der Waals surface area contributed by atoms with Crippen LogP contribution in [0.5, 0.6) is 0 Å². The predicted octanol–water partition coefficient (Wildman–Crippen LogP) is 1.28. The van der Waals surface area contributed by atoms with Crippen molar-refractivity contribution in [3.05, 3.63) is 22.8 Å². The maximum atomic E-state index is 5.75. The lowest BCUT2D eigenvalue weighted by atomic mass is 9.99. The molecule has 4 heteroatoms. The highest BCUT2D eigenvalue weighted by atomic mass is 16.5. The quantitative estimate of drug-likeness (QED) is 0.773. The van der Waals surface area contributed by atoms with Gasteiger partial charge in [0.15, 0.2) is 0 Å². The molecule has 1 fully saturated rings. The molecular formula is C12H17N3O. The second kappa shape index (κ2) is 4.11. The molecule has 1 aromatic heterocycles. The summed E-state index contributed by atoms with van der Waals surface area (Å²) >= 11 is 0. The molecule has 0 amide bonds. The van der Waals surface area contributed by atoms with E-state index >= 15 is 0 Å². The Hall–Kier alpha value is -1.00. The number of nitrogens with zero attached hydrogens (tertiary/aromatic N) is 2. The van der Waals surface area contributed by atoms with Crippen LogP contribution in [-0.4, -0.2) is 23.1 Å². The van der Waals surface area contributed by atoms with Crippen LogP contribution in [0.4, 0.5) is 0 Å². The normalized spacial score (nSPS) is 24.4. The zero-order valence-corrected chi connectivity index (χ0v) is 9.62. The molecule has 86 valence electrons. The van der Waals surface area contributed by atoms with Crippen molar-refractivity contribution in [3.8, 4) is 0 Å². The van der Waals surface area contributed by atoms with Crippen molar-refractivity contribution < 1.29 is 4.74 Å². The number of fused-ring (bicyclic) bond motifs is 1. The molecule has 3 heterocycles. The first-order valence-electron chi connectivity index (χ1n) is 6.03. The van der Waals surface area contributed by atoms with Gasteiger partial charge in [0, 0.05) is 18.7 Å². The zero-order valence-electron chi connectivity index (χ0n) is 9.62. The van der Waals surface area contributed by atoms with Crippen molar-refractivity contribution in [2.45, 2.75) is 38.8 Å². The van der Waals surface area contributed by atoms with Gasteiger partial charge in [-0.3, -0.25) is 0 Å². The summed E-state index contributed by atoms with van der Waals surface area (Å²) in [4.78, 5) is 9.12. The fourth-order valence-corrected chi connectivity index (χ4v) is 2.58. The minimum absolute atomic E-state index is 0.216. The van der Waals surface area contributed by atoms with Crippen molar-refractivity contribution >= 4 is 0 Å². The van der Waals surface area contributed by atoms with E-state index in [1.54, 1.807) is 0 Å². The number of aromatic nitrogens is 2. The zero-order chi connectivity index (χ0) is 11.0. The second-order valence-electron chi connectivity index (χ2n) is 4.51. The highest BCUT2D eigenvalue weighted by Gasteiger charge is 2.25. The molecule has 1 saturated heterocycles. The second-order valence-corrected chi connectivity index (χ2v) is 4.51. The molecular weight excluding hydrogens is 202 g/mol.